The monoisotopic (exact) mass is 530 g/mol. The van der Waals surface area contributed by atoms with Gasteiger partial charge >= 0.3 is 6.09 Å². The van der Waals surface area contributed by atoms with Crippen LogP contribution >= 0.6 is 0 Å². The van der Waals surface area contributed by atoms with Crippen LogP contribution in [0, 0.1) is 16.7 Å². The van der Waals surface area contributed by atoms with Gasteiger partial charge in [0.2, 0.25) is 5.88 Å². The van der Waals surface area contributed by atoms with Crippen molar-refractivity contribution in [3.05, 3.63) is 36.2 Å². The Morgan fingerprint density at radius 1 is 1.21 bits per heavy atom. The molecule has 1 aliphatic carbocycles. The highest BCUT2D eigenvalue weighted by molar-refractivity contribution is 5.93. The number of piperidine rings is 1. The molecule has 2 aromatic heterocycles. The summed E-state index contributed by atoms with van der Waals surface area (Å²) in [7, 11) is 0. The van der Waals surface area contributed by atoms with Crippen LogP contribution in [0.5, 0.6) is 5.88 Å². The van der Waals surface area contributed by atoms with Crippen LogP contribution in [0.4, 0.5) is 4.79 Å². The summed E-state index contributed by atoms with van der Waals surface area (Å²) in [6.45, 7) is 7.42. The number of ether oxygens (including phenoxy) is 3. The van der Waals surface area contributed by atoms with Crippen LogP contribution in [0.1, 0.15) is 71.1 Å². The van der Waals surface area contributed by atoms with Crippen LogP contribution in [0.2, 0.25) is 0 Å². The lowest BCUT2D eigenvalue weighted by molar-refractivity contribution is -0.0365. The number of carbonyl (C=O) groups excluding carboxylic acids is 1. The first kappa shape index (κ1) is 25.6. The van der Waals surface area contributed by atoms with Gasteiger partial charge < -0.3 is 19.1 Å². The van der Waals surface area contributed by atoms with Crippen LogP contribution in [0.15, 0.2) is 30.6 Å². The summed E-state index contributed by atoms with van der Waals surface area (Å²) in [6.07, 6.45) is 8.60. The molecule has 2 aliphatic heterocycles. The van der Waals surface area contributed by atoms with E-state index in [1.807, 2.05) is 37.6 Å². The maximum Gasteiger partial charge on any atom is 0.410 e. The van der Waals surface area contributed by atoms with Gasteiger partial charge in [0.15, 0.2) is 6.23 Å². The van der Waals surface area contributed by atoms with E-state index < -0.39 is 5.60 Å². The molecule has 3 aliphatic rings. The molecule has 3 fully saturated rings. The van der Waals surface area contributed by atoms with Gasteiger partial charge in [-0.25, -0.2) is 14.5 Å². The second kappa shape index (κ2) is 9.79. The fourth-order valence-corrected chi connectivity index (χ4v) is 5.59. The number of aromatic nitrogens is 4. The van der Waals surface area contributed by atoms with Gasteiger partial charge in [0.1, 0.15) is 23.1 Å². The lowest BCUT2D eigenvalue weighted by Crippen LogP contribution is -2.51. The van der Waals surface area contributed by atoms with Crippen molar-refractivity contribution in [3.63, 3.8) is 0 Å². The molecule has 1 unspecified atom stereocenters. The first-order chi connectivity index (χ1) is 18.7. The van der Waals surface area contributed by atoms with Crippen molar-refractivity contribution in [2.24, 2.45) is 5.41 Å². The fourth-order valence-electron chi connectivity index (χ4n) is 5.59. The van der Waals surface area contributed by atoms with Crippen molar-refractivity contribution >= 4 is 17.0 Å². The molecule has 10 nitrogen and oxygen atoms in total. The Balaban J connectivity index is 1.29. The Morgan fingerprint density at radius 2 is 2.05 bits per heavy atom. The van der Waals surface area contributed by atoms with Gasteiger partial charge in [-0.3, -0.25) is 4.98 Å². The van der Waals surface area contributed by atoms with Crippen molar-refractivity contribution in [2.45, 2.75) is 77.2 Å². The van der Waals surface area contributed by atoms with E-state index in [2.05, 4.69) is 11.1 Å². The van der Waals surface area contributed by atoms with Crippen molar-refractivity contribution < 1.29 is 19.0 Å². The van der Waals surface area contributed by atoms with E-state index in [0.717, 1.165) is 49.4 Å². The molecular formula is C29H34N6O4. The number of hydrogen-bond acceptors (Lipinski definition) is 8. The highest BCUT2D eigenvalue weighted by Crippen LogP contribution is 2.54. The van der Waals surface area contributed by atoms with E-state index in [9.17, 15) is 10.1 Å². The molecule has 10 heteroatoms. The van der Waals surface area contributed by atoms with E-state index in [1.165, 1.54) is 0 Å². The van der Waals surface area contributed by atoms with E-state index in [4.69, 9.17) is 24.3 Å². The third-order valence-electron chi connectivity index (χ3n) is 7.87. The topological polar surface area (TPSA) is 115 Å². The SMILES string of the molecule is CC(C)(C)OC(=O)N1CCC2(CC2)[C@@H](Oc2cncc(-c3nn(C4CCCCO4)c4ccc(C#N)cc34)n2)C1. The Labute approximate surface area is 227 Å². The molecule has 2 atom stereocenters. The molecule has 204 valence electrons. The van der Waals surface area contributed by atoms with E-state index in [0.29, 0.717) is 42.5 Å². The Bertz CT molecular complexity index is 1430. The summed E-state index contributed by atoms with van der Waals surface area (Å²) < 4.78 is 20.0. The standard InChI is InChI=1S/C29H34N6O4/c1-28(2,3)39-27(36)34-12-11-29(9-10-29)23(18-34)38-24-17-31-16-21(32-24)26-20-14-19(15-30)7-8-22(20)35(33-26)25-6-4-5-13-37-25/h7-8,14,16-17,23,25H,4-6,9-13,18H2,1-3H3/t23-,25?/m0/s1. The zero-order valence-electron chi connectivity index (χ0n) is 22.7. The number of nitriles is 1. The minimum Gasteiger partial charge on any atom is -0.471 e. The molecule has 4 heterocycles. The number of amides is 1. The molecule has 3 aromatic rings. The summed E-state index contributed by atoms with van der Waals surface area (Å²) >= 11 is 0. The molecule has 1 saturated carbocycles. The van der Waals surface area contributed by atoms with Gasteiger partial charge in [0.05, 0.1) is 36.1 Å². The Morgan fingerprint density at radius 3 is 2.77 bits per heavy atom. The van der Waals surface area contributed by atoms with Gasteiger partial charge in [0, 0.05) is 24.0 Å². The molecule has 6 rings (SSSR count). The molecule has 0 bridgehead atoms. The number of fused-ring (bicyclic) bond motifs is 1. The first-order valence-corrected chi connectivity index (χ1v) is 13.8. The first-order valence-electron chi connectivity index (χ1n) is 13.8. The molecule has 0 radical (unpaired) electrons. The summed E-state index contributed by atoms with van der Waals surface area (Å²) in [6, 6.07) is 7.78. The molecule has 39 heavy (non-hydrogen) atoms. The number of hydrogen-bond donors (Lipinski definition) is 0. The third-order valence-corrected chi connectivity index (χ3v) is 7.87. The zero-order valence-corrected chi connectivity index (χ0v) is 22.7. The fraction of sp³-hybridized carbons (Fsp3) is 0.552. The minimum atomic E-state index is -0.553. The maximum atomic E-state index is 12.8. The van der Waals surface area contributed by atoms with Crippen LogP contribution in [-0.4, -0.2) is 62.1 Å². The van der Waals surface area contributed by atoms with Gasteiger partial charge in [-0.15, -0.1) is 0 Å². The smallest absolute Gasteiger partial charge is 0.410 e. The molecule has 1 aromatic carbocycles. The zero-order chi connectivity index (χ0) is 27.2. The lowest BCUT2D eigenvalue weighted by Gasteiger charge is -2.39. The predicted molar refractivity (Wildman–Crippen MR) is 143 cm³/mol. The predicted octanol–water partition coefficient (Wildman–Crippen LogP) is 5.23. The highest BCUT2D eigenvalue weighted by atomic mass is 16.6. The lowest BCUT2D eigenvalue weighted by atomic mass is 9.90. The van der Waals surface area contributed by atoms with Gasteiger partial charge in [-0.05, 0) is 77.5 Å². The van der Waals surface area contributed by atoms with Crippen LogP contribution in [0.25, 0.3) is 22.3 Å². The van der Waals surface area contributed by atoms with Gasteiger partial charge in [0.25, 0.3) is 0 Å². The quantitative estimate of drug-likeness (QED) is 0.450. The molecule has 2 saturated heterocycles. The number of likely N-dealkylation sites (tertiary alicyclic amines) is 1. The normalized spacial score (nSPS) is 22.5. The Hall–Kier alpha value is -3.71. The average molecular weight is 531 g/mol. The highest BCUT2D eigenvalue weighted by Gasteiger charge is 2.54. The van der Waals surface area contributed by atoms with Crippen molar-refractivity contribution in [1.82, 2.24) is 24.6 Å². The molecule has 1 spiro atoms. The second-order valence-electron chi connectivity index (χ2n) is 11.8. The minimum absolute atomic E-state index is 0.0600. The van der Waals surface area contributed by atoms with E-state index in [-0.39, 0.29) is 23.8 Å². The summed E-state index contributed by atoms with van der Waals surface area (Å²) in [5.41, 5.74) is 2.14. The van der Waals surface area contributed by atoms with Crippen molar-refractivity contribution in [3.8, 4) is 23.3 Å². The number of nitrogens with zero attached hydrogens (tertiary/aromatic N) is 6. The molecule has 0 N–H and O–H groups in total. The van der Waals surface area contributed by atoms with E-state index in [1.54, 1.807) is 23.4 Å². The van der Waals surface area contributed by atoms with Gasteiger partial charge in [-0.1, -0.05) is 0 Å². The molecular weight excluding hydrogens is 496 g/mol. The maximum absolute atomic E-state index is 12.8. The third kappa shape index (κ3) is 5.15. The molecule has 1 amide bonds. The summed E-state index contributed by atoms with van der Waals surface area (Å²) in [5.74, 6) is 0.392. The van der Waals surface area contributed by atoms with Crippen molar-refractivity contribution in [2.75, 3.05) is 19.7 Å². The number of benzene rings is 1. The largest absolute Gasteiger partial charge is 0.471 e. The summed E-state index contributed by atoms with van der Waals surface area (Å²) in [4.78, 5) is 23.7. The van der Waals surface area contributed by atoms with Crippen LogP contribution < -0.4 is 4.74 Å². The van der Waals surface area contributed by atoms with Crippen LogP contribution in [-0.2, 0) is 9.47 Å². The number of rotatable bonds is 4. The van der Waals surface area contributed by atoms with Crippen LogP contribution in [0.3, 0.4) is 0 Å². The average Bonchev–Trinajstić information content (AvgIpc) is 3.60. The Kier molecular flexibility index (Phi) is 6.42. The number of carbonyl (C=O) groups is 1. The van der Waals surface area contributed by atoms with Crippen molar-refractivity contribution in [1.29, 1.82) is 5.26 Å². The summed E-state index contributed by atoms with van der Waals surface area (Å²) in [5, 5.41) is 15.3. The second-order valence-corrected chi connectivity index (χ2v) is 11.8. The van der Waals surface area contributed by atoms with Gasteiger partial charge in [-0.2, -0.15) is 10.4 Å². The van der Waals surface area contributed by atoms with E-state index >= 15 is 0 Å².